The summed E-state index contributed by atoms with van der Waals surface area (Å²) in [7, 11) is 0. The summed E-state index contributed by atoms with van der Waals surface area (Å²) < 4.78 is 11.6. The van der Waals surface area contributed by atoms with Crippen molar-refractivity contribution in [1.82, 2.24) is 4.90 Å². The lowest BCUT2D eigenvalue weighted by Gasteiger charge is -2.24. The fourth-order valence-corrected chi connectivity index (χ4v) is 6.18. The third-order valence-corrected chi connectivity index (χ3v) is 9.42. The molecule has 0 saturated heterocycles. The van der Waals surface area contributed by atoms with Crippen LogP contribution in [0, 0.1) is 11.8 Å². The summed E-state index contributed by atoms with van der Waals surface area (Å²) in [6.07, 6.45) is 26.7. The number of amides is 1. The van der Waals surface area contributed by atoms with Crippen LogP contribution in [0.2, 0.25) is 0 Å². The van der Waals surface area contributed by atoms with Gasteiger partial charge in [-0.1, -0.05) is 150 Å². The molecule has 47 heavy (non-hydrogen) atoms. The van der Waals surface area contributed by atoms with E-state index in [4.69, 9.17) is 15.2 Å². The van der Waals surface area contributed by atoms with Crippen LogP contribution in [0.4, 0.5) is 0 Å². The van der Waals surface area contributed by atoms with Gasteiger partial charge in [0.25, 0.3) is 0 Å². The highest BCUT2D eigenvalue weighted by Gasteiger charge is 2.23. The van der Waals surface area contributed by atoms with Crippen molar-refractivity contribution in [2.24, 2.45) is 17.6 Å². The molecule has 0 aliphatic carbocycles. The first-order chi connectivity index (χ1) is 22.8. The summed E-state index contributed by atoms with van der Waals surface area (Å²) >= 11 is 0. The molecule has 0 spiro atoms. The second kappa shape index (κ2) is 32.9. The molecule has 278 valence electrons. The van der Waals surface area contributed by atoms with E-state index in [1.165, 1.54) is 70.6 Å². The number of carbonyl (C=O) groups excluding carboxylic acids is 3. The zero-order chi connectivity index (χ0) is 35.0. The van der Waals surface area contributed by atoms with Gasteiger partial charge in [0.05, 0.1) is 24.9 Å². The molecule has 0 heterocycles. The minimum atomic E-state index is -0.132. The number of nitrogens with zero attached hydrogens (tertiary/aromatic N) is 1. The average Bonchev–Trinajstić information content (AvgIpc) is 3.05. The Morgan fingerprint density at radius 1 is 0.511 bits per heavy atom. The Labute approximate surface area is 291 Å². The summed E-state index contributed by atoms with van der Waals surface area (Å²) in [4.78, 5) is 41.2. The molecule has 0 aromatic heterocycles. The van der Waals surface area contributed by atoms with E-state index in [1.807, 2.05) is 6.92 Å². The van der Waals surface area contributed by atoms with Crippen LogP contribution in [-0.4, -0.2) is 55.1 Å². The van der Waals surface area contributed by atoms with Gasteiger partial charge in [0.15, 0.2) is 0 Å². The van der Waals surface area contributed by atoms with Crippen molar-refractivity contribution in [3.05, 3.63) is 0 Å². The maximum absolute atomic E-state index is 13.2. The largest absolute Gasteiger partial charge is 0.464 e. The molecule has 0 radical (unpaired) electrons. The number of carbonyl (C=O) groups is 3. The first-order valence-electron chi connectivity index (χ1n) is 20.2. The third-order valence-electron chi connectivity index (χ3n) is 9.42. The van der Waals surface area contributed by atoms with Gasteiger partial charge in [-0.2, -0.15) is 0 Å². The lowest BCUT2D eigenvalue weighted by atomic mass is 9.94. The fraction of sp³-hybridized carbons (Fsp3) is 0.925. The van der Waals surface area contributed by atoms with E-state index in [0.29, 0.717) is 25.9 Å². The highest BCUT2D eigenvalue weighted by Crippen LogP contribution is 2.22. The van der Waals surface area contributed by atoms with Gasteiger partial charge >= 0.3 is 11.9 Å². The minimum absolute atomic E-state index is 0.0374. The van der Waals surface area contributed by atoms with Gasteiger partial charge in [0.1, 0.15) is 13.2 Å². The van der Waals surface area contributed by atoms with Crippen LogP contribution in [0.25, 0.3) is 0 Å². The van der Waals surface area contributed by atoms with Crippen LogP contribution >= 0.6 is 0 Å². The maximum Gasteiger partial charge on any atom is 0.308 e. The Morgan fingerprint density at radius 2 is 0.830 bits per heavy atom. The lowest BCUT2D eigenvalue weighted by molar-refractivity contribution is -0.152. The molecule has 1 amide bonds. The molecule has 0 aromatic rings. The van der Waals surface area contributed by atoms with Crippen molar-refractivity contribution in [2.75, 3.05) is 26.3 Å². The highest BCUT2D eigenvalue weighted by atomic mass is 16.5. The van der Waals surface area contributed by atoms with Crippen molar-refractivity contribution < 1.29 is 23.9 Å². The molecule has 0 aromatic carbocycles. The Balaban J connectivity index is 5.10. The van der Waals surface area contributed by atoms with E-state index in [1.54, 1.807) is 4.90 Å². The van der Waals surface area contributed by atoms with Crippen LogP contribution in [0.15, 0.2) is 0 Å². The van der Waals surface area contributed by atoms with Gasteiger partial charge in [-0.05, 0) is 39.0 Å². The molecule has 0 bridgehead atoms. The second-order valence-corrected chi connectivity index (χ2v) is 14.1. The van der Waals surface area contributed by atoms with Crippen molar-refractivity contribution >= 4 is 17.8 Å². The molecule has 0 fully saturated rings. The van der Waals surface area contributed by atoms with E-state index in [-0.39, 0.29) is 48.9 Å². The van der Waals surface area contributed by atoms with E-state index in [0.717, 1.165) is 77.0 Å². The number of nitrogens with two attached hydrogens (primary N) is 1. The summed E-state index contributed by atoms with van der Waals surface area (Å²) in [6, 6.07) is -0.0716. The SMILES string of the molecule is CCCCCCCCC(CCCCCC)C(=O)OCCN(CCOC(=O)C(CCCCCC)CCCCCCC)C(=O)CCC(C)N. The van der Waals surface area contributed by atoms with E-state index in [9.17, 15) is 14.4 Å². The number of esters is 2. The van der Waals surface area contributed by atoms with Gasteiger partial charge < -0.3 is 20.1 Å². The van der Waals surface area contributed by atoms with Crippen molar-refractivity contribution in [3.63, 3.8) is 0 Å². The third kappa shape index (κ3) is 26.9. The quantitative estimate of drug-likeness (QED) is 0.0542. The summed E-state index contributed by atoms with van der Waals surface area (Å²) in [6.45, 7) is 11.7. The number of hydrogen-bond acceptors (Lipinski definition) is 6. The van der Waals surface area contributed by atoms with Gasteiger partial charge in [-0.3, -0.25) is 14.4 Å². The molecule has 7 heteroatoms. The van der Waals surface area contributed by atoms with E-state index < -0.39 is 0 Å². The van der Waals surface area contributed by atoms with Crippen molar-refractivity contribution in [3.8, 4) is 0 Å². The smallest absolute Gasteiger partial charge is 0.308 e. The normalized spacial score (nSPS) is 13.2. The van der Waals surface area contributed by atoms with Gasteiger partial charge in [-0.15, -0.1) is 0 Å². The Morgan fingerprint density at radius 3 is 1.17 bits per heavy atom. The number of ether oxygens (including phenoxy) is 2. The van der Waals surface area contributed by atoms with Crippen LogP contribution in [0.5, 0.6) is 0 Å². The molecule has 2 N–H and O–H groups in total. The summed E-state index contributed by atoms with van der Waals surface area (Å²) in [5.41, 5.74) is 5.94. The monoisotopic (exact) mass is 667 g/mol. The number of unbranched alkanes of at least 4 members (excludes halogenated alkanes) is 15. The Hall–Kier alpha value is -1.63. The van der Waals surface area contributed by atoms with Crippen LogP contribution in [0.1, 0.15) is 195 Å². The van der Waals surface area contributed by atoms with Crippen molar-refractivity contribution in [2.45, 2.75) is 201 Å². The lowest BCUT2D eigenvalue weighted by Crippen LogP contribution is -2.38. The Kier molecular flexibility index (Phi) is 31.8. The molecule has 0 rings (SSSR count). The first-order valence-corrected chi connectivity index (χ1v) is 20.2. The minimum Gasteiger partial charge on any atom is -0.464 e. The first kappa shape index (κ1) is 45.4. The fourth-order valence-electron chi connectivity index (χ4n) is 6.18. The van der Waals surface area contributed by atoms with Crippen LogP contribution in [0.3, 0.4) is 0 Å². The standard InChI is InChI=1S/C40H78N2O5/c1-6-10-14-18-20-24-28-37(26-22-17-13-9-4)40(45)47-34-32-42(38(43)30-29-35(5)41)31-33-46-39(44)36(25-21-16-12-8-3)27-23-19-15-11-7-2/h35-37H,6-34,41H2,1-5H3. The number of hydrogen-bond donors (Lipinski definition) is 1. The van der Waals surface area contributed by atoms with Crippen molar-refractivity contribution in [1.29, 1.82) is 0 Å². The van der Waals surface area contributed by atoms with Gasteiger partial charge in [0, 0.05) is 12.5 Å². The zero-order valence-corrected chi connectivity index (χ0v) is 31.8. The van der Waals surface area contributed by atoms with Crippen LogP contribution in [-0.2, 0) is 23.9 Å². The predicted octanol–water partition coefficient (Wildman–Crippen LogP) is 10.3. The molecular weight excluding hydrogens is 588 g/mol. The summed E-state index contributed by atoms with van der Waals surface area (Å²) in [5, 5.41) is 0. The van der Waals surface area contributed by atoms with E-state index >= 15 is 0 Å². The number of rotatable bonds is 34. The average molecular weight is 667 g/mol. The molecule has 3 atom stereocenters. The second-order valence-electron chi connectivity index (χ2n) is 14.1. The topological polar surface area (TPSA) is 98.9 Å². The highest BCUT2D eigenvalue weighted by molar-refractivity contribution is 5.76. The molecule has 7 nitrogen and oxygen atoms in total. The van der Waals surface area contributed by atoms with Gasteiger partial charge in [0.2, 0.25) is 5.91 Å². The Bertz CT molecular complexity index is 744. The van der Waals surface area contributed by atoms with Crippen LogP contribution < -0.4 is 5.73 Å². The molecule has 3 unspecified atom stereocenters. The molecule has 0 saturated carbocycles. The molecular formula is C40H78N2O5. The van der Waals surface area contributed by atoms with E-state index in [2.05, 4.69) is 27.7 Å². The maximum atomic E-state index is 13.2. The zero-order valence-electron chi connectivity index (χ0n) is 31.8. The summed E-state index contributed by atoms with van der Waals surface area (Å²) in [5.74, 6) is -0.444. The molecule has 0 aliphatic heterocycles. The van der Waals surface area contributed by atoms with Gasteiger partial charge in [-0.25, -0.2) is 0 Å². The molecule has 0 aliphatic rings. The predicted molar refractivity (Wildman–Crippen MR) is 197 cm³/mol.